The van der Waals surface area contributed by atoms with Gasteiger partial charge >= 0.3 is 11.9 Å². The van der Waals surface area contributed by atoms with Crippen LogP contribution in [0.2, 0.25) is 0 Å². The van der Waals surface area contributed by atoms with Crippen molar-refractivity contribution < 1.29 is 28.8 Å². The number of carbonyl (C=O) groups excluding carboxylic acids is 3. The molecule has 1 amide bonds. The highest BCUT2D eigenvalue weighted by Gasteiger charge is 2.14. The molecule has 0 saturated heterocycles. The largest absolute Gasteiger partial charge is 0.427 e. The molecule has 134 valence electrons. The third-order valence-electron chi connectivity index (χ3n) is 2.98. The Labute approximate surface area is 147 Å². The Kier molecular flexibility index (Phi) is 5.63. The molecule has 0 bridgehead atoms. The number of carbonyl (C=O) groups is 3. The van der Waals surface area contributed by atoms with E-state index in [1.165, 1.54) is 56.3 Å². The summed E-state index contributed by atoms with van der Waals surface area (Å²) >= 11 is 0. The standard InChI is InChI=1S/C17H14N2O7/c1-10(20)25-15-6-12(7-16(9-15)26-11(2)21)17(22)18-13-4-3-5-14(8-13)19(23)24/h3-9H,1-2H3,(H,18,22). The Morgan fingerprint density at radius 1 is 0.962 bits per heavy atom. The first kappa shape index (κ1) is 18.6. The SMILES string of the molecule is CC(=O)Oc1cc(OC(C)=O)cc(C(=O)Nc2cccc([N+](=O)[O-])c2)c1. The van der Waals surface area contributed by atoms with Crippen LogP contribution in [0.15, 0.2) is 42.5 Å². The van der Waals surface area contributed by atoms with Crippen LogP contribution in [0, 0.1) is 10.1 Å². The van der Waals surface area contributed by atoms with Gasteiger partial charge in [0.25, 0.3) is 11.6 Å². The first-order chi connectivity index (χ1) is 12.2. The van der Waals surface area contributed by atoms with Gasteiger partial charge in [0.1, 0.15) is 11.5 Å². The molecule has 2 aromatic carbocycles. The molecule has 1 N–H and O–H groups in total. The van der Waals surface area contributed by atoms with Gasteiger partial charge in [-0.3, -0.25) is 24.5 Å². The minimum absolute atomic E-state index is 0.0143. The smallest absolute Gasteiger partial charge is 0.308 e. The van der Waals surface area contributed by atoms with E-state index in [2.05, 4.69) is 5.32 Å². The molecule has 0 saturated carbocycles. The lowest BCUT2D eigenvalue weighted by Crippen LogP contribution is -2.13. The van der Waals surface area contributed by atoms with Gasteiger partial charge in [-0.1, -0.05) is 6.07 Å². The molecular formula is C17H14N2O7. The van der Waals surface area contributed by atoms with Crippen molar-refractivity contribution in [1.29, 1.82) is 0 Å². The molecule has 0 aliphatic rings. The molecule has 0 aromatic heterocycles. The second-order valence-corrected chi connectivity index (χ2v) is 5.14. The molecule has 0 radical (unpaired) electrons. The zero-order valence-corrected chi connectivity index (χ0v) is 13.8. The van der Waals surface area contributed by atoms with E-state index in [0.29, 0.717) is 0 Å². The van der Waals surface area contributed by atoms with E-state index in [1.807, 2.05) is 0 Å². The lowest BCUT2D eigenvalue weighted by atomic mass is 10.1. The number of hydrogen-bond acceptors (Lipinski definition) is 7. The van der Waals surface area contributed by atoms with Crippen LogP contribution >= 0.6 is 0 Å². The highest BCUT2D eigenvalue weighted by atomic mass is 16.6. The van der Waals surface area contributed by atoms with E-state index in [0.717, 1.165) is 0 Å². The molecule has 0 atom stereocenters. The Hall–Kier alpha value is -3.75. The molecule has 0 heterocycles. The number of ether oxygens (including phenoxy) is 2. The second kappa shape index (κ2) is 7.88. The minimum Gasteiger partial charge on any atom is -0.427 e. The Morgan fingerprint density at radius 3 is 2.04 bits per heavy atom. The van der Waals surface area contributed by atoms with Crippen molar-refractivity contribution in [3.63, 3.8) is 0 Å². The van der Waals surface area contributed by atoms with Gasteiger partial charge in [0, 0.05) is 43.3 Å². The van der Waals surface area contributed by atoms with Crippen LogP contribution in [0.4, 0.5) is 11.4 Å². The first-order valence-electron chi connectivity index (χ1n) is 7.32. The van der Waals surface area contributed by atoms with Gasteiger partial charge in [-0.25, -0.2) is 0 Å². The average molecular weight is 358 g/mol. The van der Waals surface area contributed by atoms with Crippen molar-refractivity contribution in [2.24, 2.45) is 0 Å². The van der Waals surface area contributed by atoms with Crippen LogP contribution in [0.1, 0.15) is 24.2 Å². The molecule has 0 aliphatic carbocycles. The van der Waals surface area contributed by atoms with E-state index in [9.17, 15) is 24.5 Å². The highest BCUT2D eigenvalue weighted by Crippen LogP contribution is 2.25. The molecule has 0 aliphatic heterocycles. The summed E-state index contributed by atoms with van der Waals surface area (Å²) in [5.41, 5.74) is 0.0553. The number of benzene rings is 2. The summed E-state index contributed by atoms with van der Waals surface area (Å²) in [6, 6.07) is 9.23. The Morgan fingerprint density at radius 2 is 1.54 bits per heavy atom. The van der Waals surface area contributed by atoms with Gasteiger partial charge < -0.3 is 14.8 Å². The van der Waals surface area contributed by atoms with Gasteiger partial charge in [0.05, 0.1) is 4.92 Å². The van der Waals surface area contributed by atoms with Gasteiger partial charge in [-0.2, -0.15) is 0 Å². The van der Waals surface area contributed by atoms with Crippen LogP contribution in [-0.2, 0) is 9.59 Å². The van der Waals surface area contributed by atoms with Crippen molar-refractivity contribution in [2.45, 2.75) is 13.8 Å². The maximum absolute atomic E-state index is 12.4. The monoisotopic (exact) mass is 358 g/mol. The fourth-order valence-electron chi connectivity index (χ4n) is 2.05. The van der Waals surface area contributed by atoms with Crippen LogP contribution in [0.5, 0.6) is 11.5 Å². The molecule has 0 fully saturated rings. The van der Waals surface area contributed by atoms with E-state index in [1.54, 1.807) is 0 Å². The maximum atomic E-state index is 12.4. The molecule has 2 aromatic rings. The predicted octanol–water partition coefficient (Wildman–Crippen LogP) is 2.70. The number of hydrogen-bond donors (Lipinski definition) is 1. The van der Waals surface area contributed by atoms with Crippen LogP contribution in [0.25, 0.3) is 0 Å². The fourth-order valence-corrected chi connectivity index (χ4v) is 2.05. The topological polar surface area (TPSA) is 125 Å². The third-order valence-corrected chi connectivity index (χ3v) is 2.98. The number of anilines is 1. The van der Waals surface area contributed by atoms with Crippen molar-refractivity contribution in [3.05, 3.63) is 58.1 Å². The molecule has 9 nitrogen and oxygen atoms in total. The van der Waals surface area contributed by atoms with Gasteiger partial charge in [-0.15, -0.1) is 0 Å². The van der Waals surface area contributed by atoms with Crippen LogP contribution in [-0.4, -0.2) is 22.8 Å². The summed E-state index contributed by atoms with van der Waals surface area (Å²) in [6.45, 7) is 2.36. The van der Waals surface area contributed by atoms with Crippen molar-refractivity contribution >= 4 is 29.2 Å². The molecule has 9 heteroatoms. The summed E-state index contributed by atoms with van der Waals surface area (Å²) in [5.74, 6) is -1.83. The Balaban J connectivity index is 2.31. The predicted molar refractivity (Wildman–Crippen MR) is 90.1 cm³/mol. The van der Waals surface area contributed by atoms with Gasteiger partial charge in [0.2, 0.25) is 0 Å². The van der Waals surface area contributed by atoms with Crippen LogP contribution in [0.3, 0.4) is 0 Å². The zero-order chi connectivity index (χ0) is 19.3. The number of amides is 1. The first-order valence-corrected chi connectivity index (χ1v) is 7.32. The van der Waals surface area contributed by atoms with E-state index in [4.69, 9.17) is 9.47 Å². The number of esters is 2. The quantitative estimate of drug-likeness (QED) is 0.377. The maximum Gasteiger partial charge on any atom is 0.308 e. The number of nitrogens with one attached hydrogen (secondary N) is 1. The minimum atomic E-state index is -0.632. The van der Waals surface area contributed by atoms with Gasteiger partial charge in [0.15, 0.2) is 0 Å². The molecular weight excluding hydrogens is 344 g/mol. The third kappa shape index (κ3) is 5.13. The van der Waals surface area contributed by atoms with Crippen molar-refractivity contribution in [1.82, 2.24) is 0 Å². The average Bonchev–Trinajstić information content (AvgIpc) is 2.53. The number of nitro groups is 1. The van der Waals surface area contributed by atoms with Crippen molar-refractivity contribution in [3.8, 4) is 11.5 Å². The second-order valence-electron chi connectivity index (χ2n) is 5.14. The Bertz CT molecular complexity index is 858. The van der Waals surface area contributed by atoms with E-state index >= 15 is 0 Å². The number of rotatable bonds is 5. The lowest BCUT2D eigenvalue weighted by molar-refractivity contribution is -0.384. The zero-order valence-electron chi connectivity index (χ0n) is 13.8. The lowest BCUT2D eigenvalue weighted by Gasteiger charge is -2.10. The summed E-state index contributed by atoms with van der Waals surface area (Å²) < 4.78 is 9.86. The molecule has 0 unspecified atom stereocenters. The molecule has 26 heavy (non-hydrogen) atoms. The summed E-state index contributed by atoms with van der Waals surface area (Å²) in [5, 5.41) is 13.3. The van der Waals surface area contributed by atoms with Gasteiger partial charge in [-0.05, 0) is 18.2 Å². The number of non-ortho nitro benzene ring substituents is 1. The number of nitrogens with zero attached hydrogens (tertiary/aromatic N) is 1. The summed E-state index contributed by atoms with van der Waals surface area (Å²) in [7, 11) is 0. The normalized spacial score (nSPS) is 9.92. The molecule has 0 spiro atoms. The number of nitro benzene ring substituents is 1. The highest BCUT2D eigenvalue weighted by molar-refractivity contribution is 6.05. The van der Waals surface area contributed by atoms with Crippen molar-refractivity contribution in [2.75, 3.05) is 5.32 Å². The van der Waals surface area contributed by atoms with Crippen LogP contribution < -0.4 is 14.8 Å². The molecule has 2 rings (SSSR count). The van der Waals surface area contributed by atoms with E-state index in [-0.39, 0.29) is 28.4 Å². The summed E-state index contributed by atoms with van der Waals surface area (Å²) in [4.78, 5) is 44.9. The summed E-state index contributed by atoms with van der Waals surface area (Å²) in [6.07, 6.45) is 0. The van der Waals surface area contributed by atoms with E-state index < -0.39 is 22.8 Å². The fraction of sp³-hybridized carbons (Fsp3) is 0.118.